The number of fused-ring (bicyclic) bond motifs is 12. The van der Waals surface area contributed by atoms with Crippen molar-refractivity contribution in [2.24, 2.45) is 0 Å². The smallest absolute Gasteiger partial charge is 0.0755 e. The fourth-order valence-corrected chi connectivity index (χ4v) is 11.8. The molecule has 1 heterocycles. The van der Waals surface area contributed by atoms with E-state index in [-0.39, 0.29) is 5.41 Å². The third kappa shape index (κ3) is 5.42. The number of benzene rings is 10. The minimum Gasteiger partial charge on any atom is -0.310 e. The second-order valence-corrected chi connectivity index (χ2v) is 18.4. The van der Waals surface area contributed by atoms with Crippen LogP contribution in [0.5, 0.6) is 0 Å². The fraction of sp³-hybridized carbons (Fsp3) is 0.0625. The molecule has 1 aliphatic heterocycles. The average Bonchev–Trinajstić information content (AvgIpc) is 3.80. The van der Waals surface area contributed by atoms with Gasteiger partial charge < -0.3 is 9.80 Å². The molecule has 2 aliphatic carbocycles. The Morgan fingerprint density at radius 2 is 0.833 bits per heavy atom. The molecule has 66 heavy (non-hydrogen) atoms. The number of anilines is 6. The van der Waals surface area contributed by atoms with Crippen LogP contribution in [0.25, 0.3) is 44.5 Å². The molecular weight excluding hydrogens is 797 g/mol. The minimum atomic E-state index is -0.583. The van der Waals surface area contributed by atoms with Crippen molar-refractivity contribution in [1.29, 1.82) is 0 Å². The molecule has 0 unspecified atom stereocenters. The van der Waals surface area contributed by atoms with E-state index >= 15 is 0 Å². The maximum Gasteiger partial charge on any atom is 0.0755 e. The van der Waals surface area contributed by atoms with Gasteiger partial charge in [0.2, 0.25) is 0 Å². The van der Waals surface area contributed by atoms with Crippen LogP contribution in [0.2, 0.25) is 0 Å². The van der Waals surface area contributed by atoms with Crippen molar-refractivity contribution < 1.29 is 0 Å². The minimum absolute atomic E-state index is 0.171. The normalized spacial score (nSPS) is 14.1. The molecule has 3 aliphatic rings. The maximum atomic E-state index is 2.56. The summed E-state index contributed by atoms with van der Waals surface area (Å²) in [6.45, 7) is 4.76. The number of para-hydroxylation sites is 4. The summed E-state index contributed by atoms with van der Waals surface area (Å²) < 4.78 is 0. The molecule has 0 saturated heterocycles. The Morgan fingerprint density at radius 1 is 0.333 bits per heavy atom. The highest BCUT2D eigenvalue weighted by Gasteiger charge is 2.52. The molecule has 1 spiro atoms. The zero-order valence-electron chi connectivity index (χ0n) is 37.0. The van der Waals surface area contributed by atoms with Crippen LogP contribution >= 0.6 is 0 Å². The molecule has 10 aromatic rings. The zero-order chi connectivity index (χ0) is 44.0. The summed E-state index contributed by atoms with van der Waals surface area (Å²) in [5.41, 5.74) is 24.0. The second kappa shape index (κ2) is 14.7. The van der Waals surface area contributed by atoms with Gasteiger partial charge in [0.25, 0.3) is 0 Å². The van der Waals surface area contributed by atoms with E-state index in [0.29, 0.717) is 0 Å². The van der Waals surface area contributed by atoms with Gasteiger partial charge in [0.1, 0.15) is 0 Å². The molecule has 0 bridgehead atoms. The van der Waals surface area contributed by atoms with E-state index < -0.39 is 5.41 Å². The lowest BCUT2D eigenvalue weighted by atomic mass is 9.64. The molecule has 0 N–H and O–H groups in total. The molecule has 0 aromatic heterocycles. The Bertz CT molecular complexity index is 3460. The molecule has 312 valence electrons. The maximum absolute atomic E-state index is 2.56. The first kappa shape index (κ1) is 38.3. The summed E-state index contributed by atoms with van der Waals surface area (Å²) in [5, 5.41) is 0. The van der Waals surface area contributed by atoms with Gasteiger partial charge in [-0.15, -0.1) is 0 Å². The van der Waals surface area contributed by atoms with E-state index in [9.17, 15) is 0 Å². The Labute approximate surface area is 387 Å². The van der Waals surface area contributed by atoms with E-state index in [2.05, 4.69) is 266 Å². The molecule has 0 amide bonds. The molecular formula is C64H46N2. The number of hydrogen-bond donors (Lipinski definition) is 0. The van der Waals surface area contributed by atoms with Gasteiger partial charge in [0.05, 0.1) is 28.2 Å². The Hall–Kier alpha value is -8.20. The molecule has 10 aromatic carbocycles. The SMILES string of the molecule is CC1(C)c2ccccc2-c2ccc(N(c3ccccc3-c3ccc(-c4ccccc4)cc3)c3cccc4c3-c3ccccc3C43c4ccccc4N(c4ccccc4)c4ccccc43)cc21. The van der Waals surface area contributed by atoms with Gasteiger partial charge in [-0.05, 0) is 115 Å². The van der Waals surface area contributed by atoms with Gasteiger partial charge in [-0.1, -0.05) is 208 Å². The highest BCUT2D eigenvalue weighted by Crippen LogP contribution is 2.65. The predicted octanol–water partition coefficient (Wildman–Crippen LogP) is 16.9. The van der Waals surface area contributed by atoms with Crippen LogP contribution in [0.3, 0.4) is 0 Å². The van der Waals surface area contributed by atoms with Crippen molar-refractivity contribution >= 4 is 34.1 Å². The second-order valence-electron chi connectivity index (χ2n) is 18.4. The Kier molecular flexibility index (Phi) is 8.51. The van der Waals surface area contributed by atoms with Crippen molar-refractivity contribution in [2.75, 3.05) is 9.80 Å². The van der Waals surface area contributed by atoms with Crippen LogP contribution in [0, 0.1) is 0 Å². The van der Waals surface area contributed by atoms with Gasteiger partial charge in [0.15, 0.2) is 0 Å². The Morgan fingerprint density at radius 3 is 1.55 bits per heavy atom. The van der Waals surface area contributed by atoms with Crippen molar-refractivity contribution in [3.05, 3.63) is 276 Å². The largest absolute Gasteiger partial charge is 0.310 e. The summed E-state index contributed by atoms with van der Waals surface area (Å²) in [7, 11) is 0. The van der Waals surface area contributed by atoms with Gasteiger partial charge in [-0.2, -0.15) is 0 Å². The van der Waals surface area contributed by atoms with Crippen LogP contribution in [0.4, 0.5) is 34.1 Å². The lowest BCUT2D eigenvalue weighted by molar-refractivity contribution is 0.660. The van der Waals surface area contributed by atoms with E-state index in [1.165, 1.54) is 89.3 Å². The van der Waals surface area contributed by atoms with Crippen molar-refractivity contribution in [3.63, 3.8) is 0 Å². The van der Waals surface area contributed by atoms with E-state index in [1.807, 2.05) is 0 Å². The highest BCUT2D eigenvalue weighted by molar-refractivity contribution is 6.03. The van der Waals surface area contributed by atoms with Gasteiger partial charge >= 0.3 is 0 Å². The molecule has 0 radical (unpaired) electrons. The molecule has 2 heteroatoms. The number of hydrogen-bond acceptors (Lipinski definition) is 2. The lowest BCUT2D eigenvalue weighted by Gasteiger charge is -2.45. The van der Waals surface area contributed by atoms with Crippen molar-refractivity contribution in [3.8, 4) is 44.5 Å². The van der Waals surface area contributed by atoms with E-state index in [0.717, 1.165) is 22.7 Å². The van der Waals surface area contributed by atoms with Crippen LogP contribution in [-0.2, 0) is 10.8 Å². The van der Waals surface area contributed by atoms with E-state index in [4.69, 9.17) is 0 Å². The molecule has 0 atom stereocenters. The monoisotopic (exact) mass is 842 g/mol. The quantitative estimate of drug-likeness (QED) is 0.165. The Balaban J connectivity index is 1.08. The lowest BCUT2D eigenvalue weighted by Crippen LogP contribution is -2.36. The van der Waals surface area contributed by atoms with Crippen molar-refractivity contribution in [2.45, 2.75) is 24.7 Å². The zero-order valence-corrected chi connectivity index (χ0v) is 37.0. The van der Waals surface area contributed by atoms with Crippen LogP contribution < -0.4 is 9.80 Å². The van der Waals surface area contributed by atoms with Gasteiger partial charge in [0, 0.05) is 27.9 Å². The number of nitrogens with zero attached hydrogens (tertiary/aromatic N) is 2. The third-order valence-electron chi connectivity index (χ3n) is 14.7. The summed E-state index contributed by atoms with van der Waals surface area (Å²) in [5.74, 6) is 0. The summed E-state index contributed by atoms with van der Waals surface area (Å²) >= 11 is 0. The van der Waals surface area contributed by atoms with Gasteiger partial charge in [-0.3, -0.25) is 0 Å². The van der Waals surface area contributed by atoms with Gasteiger partial charge in [-0.25, -0.2) is 0 Å². The molecule has 13 rings (SSSR count). The first-order chi connectivity index (χ1) is 32.5. The van der Waals surface area contributed by atoms with E-state index in [1.54, 1.807) is 0 Å². The first-order valence-corrected chi connectivity index (χ1v) is 23.1. The summed E-state index contributed by atoms with van der Waals surface area (Å²) in [6, 6.07) is 90.1. The predicted molar refractivity (Wildman–Crippen MR) is 275 cm³/mol. The topological polar surface area (TPSA) is 6.48 Å². The molecule has 0 fully saturated rings. The van der Waals surface area contributed by atoms with Crippen LogP contribution in [-0.4, -0.2) is 0 Å². The number of rotatable bonds is 6. The summed E-state index contributed by atoms with van der Waals surface area (Å²) in [6.07, 6.45) is 0. The highest BCUT2D eigenvalue weighted by atomic mass is 15.2. The standard InChI is InChI=1S/C64H46N2/c1-63(2)52-27-12-9-25-49(52)50-41-40-47(42-57(50)63)66(58-32-16-11-24-48(58)45-38-36-44(37-39-45)43-20-5-3-6-21-43)61-35-19-31-56-62(61)51-26-10-13-28-53(51)64(56)54-29-14-17-33-59(54)65(46-22-7-4-8-23-46)60-34-18-15-30-55(60)64/h3-42H,1-2H3. The summed E-state index contributed by atoms with van der Waals surface area (Å²) in [4.78, 5) is 5.02. The average molecular weight is 843 g/mol. The van der Waals surface area contributed by atoms with Crippen LogP contribution in [0.15, 0.2) is 243 Å². The third-order valence-corrected chi connectivity index (χ3v) is 14.7. The molecule has 0 saturated carbocycles. The molecule has 2 nitrogen and oxygen atoms in total. The fourth-order valence-electron chi connectivity index (χ4n) is 11.8. The first-order valence-electron chi connectivity index (χ1n) is 23.1. The van der Waals surface area contributed by atoms with Crippen LogP contribution in [0.1, 0.15) is 47.2 Å². The van der Waals surface area contributed by atoms with Crippen molar-refractivity contribution in [1.82, 2.24) is 0 Å².